The zero-order valence-electron chi connectivity index (χ0n) is 13.0. The van der Waals surface area contributed by atoms with Crippen molar-refractivity contribution in [1.29, 1.82) is 0 Å². The lowest BCUT2D eigenvalue weighted by molar-refractivity contribution is -0.570. The van der Waals surface area contributed by atoms with Gasteiger partial charge in [0.1, 0.15) is 13.2 Å². The molecular formula is C12H24N4O6. The molecule has 0 aromatic rings. The van der Waals surface area contributed by atoms with Crippen LogP contribution in [0.1, 0.15) is 13.8 Å². The minimum absolute atomic E-state index is 0.136. The van der Waals surface area contributed by atoms with Crippen LogP contribution in [-0.4, -0.2) is 93.4 Å². The average Bonchev–Trinajstić information content (AvgIpc) is 2.48. The Bertz CT molecular complexity index is 376. The molecular weight excluding hydrogens is 296 g/mol. The van der Waals surface area contributed by atoms with E-state index in [9.17, 15) is 30.4 Å². The van der Waals surface area contributed by atoms with E-state index >= 15 is 0 Å². The first kappa shape index (κ1) is 18.7. The van der Waals surface area contributed by atoms with E-state index in [1.54, 1.807) is 0 Å². The van der Waals surface area contributed by atoms with Gasteiger partial charge in [-0.3, -0.25) is 30.0 Å². The maximum atomic E-state index is 11.0. The quantitative estimate of drug-likeness (QED) is 0.414. The summed E-state index contributed by atoms with van der Waals surface area (Å²) in [5, 5.41) is 40.4. The Labute approximate surface area is 128 Å². The summed E-state index contributed by atoms with van der Waals surface area (Å²) in [5.41, 5.74) is -2.80. The predicted molar refractivity (Wildman–Crippen MR) is 77.9 cm³/mol. The molecule has 1 heterocycles. The van der Waals surface area contributed by atoms with Gasteiger partial charge in [0.05, 0.1) is 13.1 Å². The molecule has 1 saturated heterocycles. The molecule has 0 aromatic heterocycles. The topological polar surface area (TPSA) is 133 Å². The molecule has 0 bridgehead atoms. The first-order valence-corrected chi connectivity index (χ1v) is 7.12. The van der Waals surface area contributed by atoms with Crippen LogP contribution in [0, 0.1) is 20.2 Å². The Morgan fingerprint density at radius 1 is 0.864 bits per heavy atom. The molecule has 10 heteroatoms. The van der Waals surface area contributed by atoms with E-state index in [2.05, 4.69) is 0 Å². The zero-order valence-corrected chi connectivity index (χ0v) is 13.0. The Balaban J connectivity index is 2.53. The smallest absolute Gasteiger partial charge is 0.254 e. The maximum Gasteiger partial charge on any atom is 0.254 e. The van der Waals surface area contributed by atoms with Gasteiger partial charge in [0.2, 0.25) is 0 Å². The standard InChI is InChI=1S/C12H24N4O6/c1-11(9-17,15(19)20)7-13-3-5-14(6-4-13)8-12(2,10-18)16(21)22/h17-18H,3-10H2,1-2H3. The minimum Gasteiger partial charge on any atom is -0.389 e. The highest BCUT2D eigenvalue weighted by molar-refractivity contribution is 4.84. The van der Waals surface area contributed by atoms with Crippen LogP contribution in [0.3, 0.4) is 0 Å². The largest absolute Gasteiger partial charge is 0.389 e. The second-order valence-corrected chi connectivity index (χ2v) is 6.38. The Morgan fingerprint density at radius 3 is 1.32 bits per heavy atom. The highest BCUT2D eigenvalue weighted by atomic mass is 16.6. The van der Waals surface area contributed by atoms with Crippen LogP contribution in [0.2, 0.25) is 0 Å². The Morgan fingerprint density at radius 2 is 1.14 bits per heavy atom. The summed E-state index contributed by atoms with van der Waals surface area (Å²) in [7, 11) is 0. The summed E-state index contributed by atoms with van der Waals surface area (Å²) >= 11 is 0. The molecule has 10 nitrogen and oxygen atoms in total. The van der Waals surface area contributed by atoms with E-state index in [0.717, 1.165) is 0 Å². The highest BCUT2D eigenvalue weighted by Crippen LogP contribution is 2.16. The molecule has 1 fully saturated rings. The van der Waals surface area contributed by atoms with Gasteiger partial charge in [0, 0.05) is 49.9 Å². The van der Waals surface area contributed by atoms with Crippen molar-refractivity contribution >= 4 is 0 Å². The average molecular weight is 320 g/mol. The van der Waals surface area contributed by atoms with E-state index in [-0.39, 0.29) is 13.1 Å². The first-order chi connectivity index (χ1) is 10.2. The molecule has 2 unspecified atom stereocenters. The summed E-state index contributed by atoms with van der Waals surface area (Å²) in [6.07, 6.45) is 0. The summed E-state index contributed by atoms with van der Waals surface area (Å²) in [6.45, 7) is 4.11. The molecule has 128 valence electrons. The fourth-order valence-corrected chi connectivity index (χ4v) is 2.40. The van der Waals surface area contributed by atoms with Crippen LogP contribution in [0.15, 0.2) is 0 Å². The number of hydrogen-bond acceptors (Lipinski definition) is 8. The second kappa shape index (κ2) is 7.27. The van der Waals surface area contributed by atoms with Gasteiger partial charge >= 0.3 is 0 Å². The molecule has 0 spiro atoms. The van der Waals surface area contributed by atoms with Gasteiger partial charge in [-0.1, -0.05) is 0 Å². The highest BCUT2D eigenvalue weighted by Gasteiger charge is 2.41. The number of aliphatic hydroxyl groups excluding tert-OH is 2. The molecule has 1 rings (SSSR count). The van der Waals surface area contributed by atoms with Gasteiger partial charge < -0.3 is 10.2 Å². The third kappa shape index (κ3) is 4.32. The third-order valence-electron chi connectivity index (χ3n) is 4.16. The SMILES string of the molecule is CC(CO)(CN1CCN(CC(C)(CO)[N+](=O)[O-])CC1)[N+](=O)[O-]. The van der Waals surface area contributed by atoms with Crippen LogP contribution in [0.25, 0.3) is 0 Å². The fraction of sp³-hybridized carbons (Fsp3) is 1.00. The van der Waals surface area contributed by atoms with E-state index in [1.807, 2.05) is 9.80 Å². The Hall–Kier alpha value is -1.36. The number of aliphatic hydroxyl groups is 2. The summed E-state index contributed by atoms with van der Waals surface area (Å²) in [6, 6.07) is 0. The predicted octanol–water partition coefficient (Wildman–Crippen LogP) is -1.34. The molecule has 0 radical (unpaired) electrons. The zero-order chi connectivity index (χ0) is 17.0. The molecule has 2 atom stereocenters. The maximum absolute atomic E-state index is 11.0. The molecule has 0 aliphatic carbocycles. The molecule has 1 aliphatic heterocycles. The molecule has 2 N–H and O–H groups in total. The van der Waals surface area contributed by atoms with Crippen molar-refractivity contribution in [2.45, 2.75) is 24.9 Å². The lowest BCUT2D eigenvalue weighted by Gasteiger charge is -2.38. The minimum atomic E-state index is -1.40. The van der Waals surface area contributed by atoms with Gasteiger partial charge in [-0.2, -0.15) is 0 Å². The van der Waals surface area contributed by atoms with Gasteiger partial charge in [-0.25, -0.2) is 0 Å². The van der Waals surface area contributed by atoms with Gasteiger partial charge in [-0.05, 0) is 0 Å². The molecule has 22 heavy (non-hydrogen) atoms. The summed E-state index contributed by atoms with van der Waals surface area (Å²) < 4.78 is 0. The van der Waals surface area contributed by atoms with E-state index in [4.69, 9.17) is 0 Å². The van der Waals surface area contributed by atoms with Crippen LogP contribution in [-0.2, 0) is 0 Å². The molecule has 0 saturated carbocycles. The second-order valence-electron chi connectivity index (χ2n) is 6.38. The number of nitrogens with zero attached hydrogens (tertiary/aromatic N) is 4. The van der Waals surface area contributed by atoms with Crippen LogP contribution >= 0.6 is 0 Å². The van der Waals surface area contributed by atoms with E-state index in [1.165, 1.54) is 13.8 Å². The van der Waals surface area contributed by atoms with Gasteiger partial charge in [0.25, 0.3) is 11.1 Å². The normalized spacial score (nSPS) is 22.7. The molecule has 0 amide bonds. The number of piperazine rings is 1. The lowest BCUT2D eigenvalue weighted by atomic mass is 10.0. The van der Waals surface area contributed by atoms with Crippen molar-refractivity contribution in [2.75, 3.05) is 52.5 Å². The van der Waals surface area contributed by atoms with Crippen molar-refractivity contribution < 1.29 is 20.1 Å². The van der Waals surface area contributed by atoms with Crippen molar-refractivity contribution in [2.24, 2.45) is 0 Å². The van der Waals surface area contributed by atoms with Crippen molar-refractivity contribution in [3.05, 3.63) is 20.2 Å². The van der Waals surface area contributed by atoms with E-state index in [0.29, 0.717) is 26.2 Å². The van der Waals surface area contributed by atoms with Gasteiger partial charge in [0.15, 0.2) is 0 Å². The monoisotopic (exact) mass is 320 g/mol. The van der Waals surface area contributed by atoms with Crippen LogP contribution < -0.4 is 0 Å². The Kier molecular flexibility index (Phi) is 6.17. The first-order valence-electron chi connectivity index (χ1n) is 7.12. The van der Waals surface area contributed by atoms with Crippen molar-refractivity contribution in [3.8, 4) is 0 Å². The van der Waals surface area contributed by atoms with Crippen LogP contribution in [0.4, 0.5) is 0 Å². The lowest BCUT2D eigenvalue weighted by Crippen LogP contribution is -2.58. The molecule has 1 aliphatic rings. The summed E-state index contributed by atoms with van der Waals surface area (Å²) in [4.78, 5) is 24.8. The number of nitro groups is 2. The number of rotatable bonds is 8. The van der Waals surface area contributed by atoms with E-state index < -0.39 is 34.1 Å². The third-order valence-corrected chi connectivity index (χ3v) is 4.16. The van der Waals surface area contributed by atoms with Crippen molar-refractivity contribution in [1.82, 2.24) is 9.80 Å². The number of hydrogen-bond donors (Lipinski definition) is 2. The summed E-state index contributed by atoms with van der Waals surface area (Å²) in [5.74, 6) is 0. The fourth-order valence-electron chi connectivity index (χ4n) is 2.40. The van der Waals surface area contributed by atoms with Crippen LogP contribution in [0.5, 0.6) is 0 Å². The van der Waals surface area contributed by atoms with Gasteiger partial charge in [-0.15, -0.1) is 0 Å². The van der Waals surface area contributed by atoms with Crippen molar-refractivity contribution in [3.63, 3.8) is 0 Å². The molecule has 0 aromatic carbocycles.